The number of hydrogen-bond donors (Lipinski definition) is 2. The monoisotopic (exact) mass is 1130 g/mol. The van der Waals surface area contributed by atoms with Gasteiger partial charge in [-0.3, -0.25) is 9.36 Å². The molecule has 0 spiro atoms. The molecule has 3 atom stereocenters. The van der Waals surface area contributed by atoms with Gasteiger partial charge in [0.15, 0.2) is 0 Å². The molecule has 0 saturated carbocycles. The zero-order chi connectivity index (χ0) is 58.4. The highest BCUT2D eigenvalue weighted by molar-refractivity contribution is 7.45. The minimum atomic E-state index is -4.62. The molecule has 0 bridgehead atoms. The Morgan fingerprint density at radius 3 is 1.11 bits per heavy atom. The van der Waals surface area contributed by atoms with Crippen molar-refractivity contribution in [2.24, 2.45) is 0 Å². The molecular formula is C71H127N2O6P. The highest BCUT2D eigenvalue weighted by atomic mass is 31.2. The second-order valence-electron chi connectivity index (χ2n) is 23.4. The molecule has 1 amide bonds. The van der Waals surface area contributed by atoms with Crippen molar-refractivity contribution in [1.82, 2.24) is 5.32 Å². The van der Waals surface area contributed by atoms with E-state index in [0.29, 0.717) is 17.4 Å². The first-order valence-corrected chi connectivity index (χ1v) is 34.7. The van der Waals surface area contributed by atoms with E-state index in [-0.39, 0.29) is 12.5 Å². The molecule has 8 nitrogen and oxygen atoms in total. The van der Waals surface area contributed by atoms with Gasteiger partial charge in [-0.2, -0.15) is 0 Å². The second-order valence-corrected chi connectivity index (χ2v) is 24.9. The fourth-order valence-corrected chi connectivity index (χ4v) is 10.1. The van der Waals surface area contributed by atoms with Crippen LogP contribution in [0.15, 0.2) is 109 Å². The number of phosphoric acid groups is 1. The Bertz CT molecular complexity index is 1670. The van der Waals surface area contributed by atoms with Crippen LogP contribution in [-0.2, 0) is 18.4 Å². The number of nitrogens with zero attached hydrogens (tertiary/aromatic N) is 1. The van der Waals surface area contributed by atoms with Gasteiger partial charge in [0, 0.05) is 6.42 Å². The van der Waals surface area contributed by atoms with Crippen LogP contribution in [0.4, 0.5) is 0 Å². The molecule has 0 aromatic rings. The zero-order valence-corrected chi connectivity index (χ0v) is 53.6. The average molecular weight is 1140 g/mol. The highest BCUT2D eigenvalue weighted by Crippen LogP contribution is 2.38. The average Bonchev–Trinajstić information content (AvgIpc) is 3.42. The molecule has 0 fully saturated rings. The Morgan fingerprint density at radius 1 is 0.450 bits per heavy atom. The van der Waals surface area contributed by atoms with Crippen LogP contribution in [0.2, 0.25) is 0 Å². The second kappa shape index (κ2) is 60.7. The molecule has 9 heteroatoms. The van der Waals surface area contributed by atoms with Gasteiger partial charge in [-0.25, -0.2) is 0 Å². The predicted octanol–water partition coefficient (Wildman–Crippen LogP) is 20.5. The molecule has 3 unspecified atom stereocenters. The number of unbranched alkanes of at least 4 members (excludes halogenated alkanes) is 31. The molecule has 2 N–H and O–H groups in total. The van der Waals surface area contributed by atoms with Crippen LogP contribution in [0.3, 0.4) is 0 Å². The third-order valence-electron chi connectivity index (χ3n) is 14.5. The summed E-state index contributed by atoms with van der Waals surface area (Å²) in [5.41, 5.74) is 0. The fourth-order valence-electron chi connectivity index (χ4n) is 9.35. The number of phosphoric ester groups is 1. The number of carbonyl (C=O) groups is 1. The molecule has 0 aliphatic carbocycles. The van der Waals surface area contributed by atoms with E-state index in [2.05, 4.69) is 116 Å². The Kier molecular flexibility index (Phi) is 58.6. The number of aliphatic hydroxyl groups excluding tert-OH is 1. The van der Waals surface area contributed by atoms with Crippen LogP contribution in [0.1, 0.15) is 284 Å². The maximum atomic E-state index is 13.0. The van der Waals surface area contributed by atoms with Crippen molar-refractivity contribution >= 4 is 13.7 Å². The van der Waals surface area contributed by atoms with Crippen molar-refractivity contribution < 1.29 is 32.9 Å². The third kappa shape index (κ3) is 62.8. The van der Waals surface area contributed by atoms with E-state index in [9.17, 15) is 19.4 Å². The van der Waals surface area contributed by atoms with Crippen molar-refractivity contribution in [2.45, 2.75) is 296 Å². The standard InChI is InChI=1S/C71H127N2O6P/c1-6-8-10-12-14-16-18-20-22-24-26-28-30-32-34-36-38-40-42-44-46-48-50-52-54-56-58-60-62-64-70(74)69(68-79-80(76,77)78-67-66-73(3,4)5)72-71(75)65-63-61-59-57-55-53-51-49-47-45-43-41-39-37-35-33-31-29-27-25-23-21-19-17-15-13-11-9-7-2/h9,11,15,17,21,23,27,29,33,35,39,41,45,47,51,53,62,64,69-70,74H,6-8,10,12-14,16,18-20,22,24-26,28,30-32,34,36-38,40,42-44,46,48-50,52,54-61,63,65-68H2,1-5H3,(H-,72,75,76,77)/b11-9-,17-15-,23-21-,29-27-,35-33-,41-39-,47-45-,53-51-,64-62+. The van der Waals surface area contributed by atoms with Gasteiger partial charge >= 0.3 is 0 Å². The summed E-state index contributed by atoms with van der Waals surface area (Å²) in [6, 6.07) is -0.911. The van der Waals surface area contributed by atoms with E-state index in [4.69, 9.17) is 9.05 Å². The van der Waals surface area contributed by atoms with Crippen LogP contribution < -0.4 is 10.2 Å². The van der Waals surface area contributed by atoms with Gasteiger partial charge in [-0.15, -0.1) is 0 Å². The molecule has 0 rings (SSSR count). The Balaban J connectivity index is 4.22. The Hall–Kier alpha value is -2.84. The SMILES string of the molecule is CC/C=C\C/C=C\C/C=C\C/C=C\C/C=C\C/C=C\C/C=C\C/C=C\CCCCCCC(=O)NC(COP(=O)([O-])OCC[N+](C)(C)C)C(O)/C=C/CCCCCCCCCCCCCCCCCCCCCCCCCCCCC. The van der Waals surface area contributed by atoms with E-state index >= 15 is 0 Å². The minimum absolute atomic E-state index is 0.0119. The number of quaternary nitrogens is 1. The van der Waals surface area contributed by atoms with Gasteiger partial charge in [0.05, 0.1) is 39.9 Å². The molecular weight excluding hydrogens is 1010 g/mol. The van der Waals surface area contributed by atoms with E-state index < -0.39 is 26.6 Å². The zero-order valence-electron chi connectivity index (χ0n) is 52.7. The number of likely N-dealkylation sites (N-methyl/N-ethyl adjacent to an activating group) is 1. The maximum Gasteiger partial charge on any atom is 0.268 e. The van der Waals surface area contributed by atoms with Gasteiger partial charge in [-0.1, -0.05) is 303 Å². The van der Waals surface area contributed by atoms with Crippen LogP contribution in [0.25, 0.3) is 0 Å². The molecule has 0 aliphatic rings. The number of nitrogens with one attached hydrogen (secondary N) is 1. The largest absolute Gasteiger partial charge is 0.756 e. The molecule has 0 saturated heterocycles. The summed E-state index contributed by atoms with van der Waals surface area (Å²) in [7, 11) is 1.23. The number of hydrogen-bond acceptors (Lipinski definition) is 6. The minimum Gasteiger partial charge on any atom is -0.756 e. The maximum absolute atomic E-state index is 13.0. The molecule has 0 aromatic heterocycles. The Morgan fingerprint density at radius 2 is 0.762 bits per heavy atom. The molecule has 80 heavy (non-hydrogen) atoms. The van der Waals surface area contributed by atoms with Gasteiger partial charge < -0.3 is 28.8 Å². The van der Waals surface area contributed by atoms with Gasteiger partial charge in [0.25, 0.3) is 7.82 Å². The Labute approximate surface area is 495 Å². The highest BCUT2D eigenvalue weighted by Gasteiger charge is 2.23. The summed E-state index contributed by atoms with van der Waals surface area (Å²) >= 11 is 0. The summed E-state index contributed by atoms with van der Waals surface area (Å²) in [6.07, 6.45) is 89.1. The van der Waals surface area contributed by atoms with E-state index in [1.165, 1.54) is 161 Å². The summed E-state index contributed by atoms with van der Waals surface area (Å²) in [6.45, 7) is 4.53. The number of allylic oxidation sites excluding steroid dienone is 17. The summed E-state index contributed by atoms with van der Waals surface area (Å²) in [4.78, 5) is 25.6. The van der Waals surface area contributed by atoms with Crippen LogP contribution >= 0.6 is 7.82 Å². The lowest BCUT2D eigenvalue weighted by molar-refractivity contribution is -0.870. The van der Waals surface area contributed by atoms with Crippen LogP contribution in [-0.4, -0.2) is 68.5 Å². The molecule has 462 valence electrons. The third-order valence-corrected chi connectivity index (χ3v) is 15.5. The van der Waals surface area contributed by atoms with Crippen molar-refractivity contribution in [2.75, 3.05) is 40.9 Å². The normalized spacial score (nSPS) is 14.4. The van der Waals surface area contributed by atoms with E-state index in [1.807, 2.05) is 27.2 Å². The molecule has 0 radical (unpaired) electrons. The number of rotatable bonds is 60. The smallest absolute Gasteiger partial charge is 0.268 e. The van der Waals surface area contributed by atoms with E-state index in [1.54, 1.807) is 6.08 Å². The lowest BCUT2D eigenvalue weighted by Crippen LogP contribution is -2.45. The first-order valence-electron chi connectivity index (χ1n) is 33.2. The van der Waals surface area contributed by atoms with Crippen molar-refractivity contribution in [3.63, 3.8) is 0 Å². The molecule has 0 heterocycles. The first kappa shape index (κ1) is 77.2. The van der Waals surface area contributed by atoms with Crippen molar-refractivity contribution in [1.29, 1.82) is 0 Å². The van der Waals surface area contributed by atoms with Crippen LogP contribution in [0.5, 0.6) is 0 Å². The first-order chi connectivity index (χ1) is 39.0. The van der Waals surface area contributed by atoms with Crippen molar-refractivity contribution in [3.05, 3.63) is 109 Å². The lowest BCUT2D eigenvalue weighted by Gasteiger charge is -2.29. The van der Waals surface area contributed by atoms with Gasteiger partial charge in [0.2, 0.25) is 5.91 Å². The van der Waals surface area contributed by atoms with Gasteiger partial charge in [-0.05, 0) is 83.5 Å². The number of amides is 1. The van der Waals surface area contributed by atoms with Crippen molar-refractivity contribution in [3.8, 4) is 0 Å². The summed E-state index contributed by atoms with van der Waals surface area (Å²) in [5, 5.41) is 13.9. The fraction of sp³-hybridized carbons (Fsp3) is 0.732. The number of aliphatic hydroxyl groups is 1. The molecule has 0 aromatic carbocycles. The van der Waals surface area contributed by atoms with E-state index in [0.717, 1.165) is 103 Å². The van der Waals surface area contributed by atoms with Gasteiger partial charge in [0.1, 0.15) is 13.2 Å². The number of carbonyl (C=O) groups excluding carboxylic acids is 1. The summed E-state index contributed by atoms with van der Waals surface area (Å²) < 4.78 is 23.4. The topological polar surface area (TPSA) is 108 Å². The molecule has 0 aliphatic heterocycles. The predicted molar refractivity (Wildman–Crippen MR) is 348 cm³/mol. The quantitative estimate of drug-likeness (QED) is 0.0272. The summed E-state index contributed by atoms with van der Waals surface area (Å²) in [5.74, 6) is -0.223. The van der Waals surface area contributed by atoms with Crippen LogP contribution in [0, 0.1) is 0 Å². The lowest BCUT2D eigenvalue weighted by atomic mass is 10.0.